The van der Waals surface area contributed by atoms with Crippen LogP contribution in [0.25, 0.3) is 0 Å². The Hall–Kier alpha value is -0.540. The van der Waals surface area contributed by atoms with E-state index in [1.54, 1.807) is 0 Å². The van der Waals surface area contributed by atoms with Gasteiger partial charge in [-0.15, -0.1) is 0 Å². The van der Waals surface area contributed by atoms with Crippen LogP contribution in [0.5, 0.6) is 0 Å². The van der Waals surface area contributed by atoms with Crippen molar-refractivity contribution >= 4 is 21.6 Å². The Morgan fingerprint density at radius 3 is 2.83 bits per heavy atom. The highest BCUT2D eigenvalue weighted by atomic mass is 79.9. The summed E-state index contributed by atoms with van der Waals surface area (Å²) in [6.45, 7) is 6.57. The summed E-state index contributed by atoms with van der Waals surface area (Å²) in [4.78, 5) is 2.53. The van der Waals surface area contributed by atoms with Gasteiger partial charge in [-0.2, -0.15) is 0 Å². The average Bonchev–Trinajstić information content (AvgIpc) is 2.34. The van der Waals surface area contributed by atoms with Crippen molar-refractivity contribution in [2.45, 2.75) is 39.2 Å². The summed E-state index contributed by atoms with van der Waals surface area (Å²) in [6.07, 6.45) is 3.59. The molecular formula is C15H23BrN2. The van der Waals surface area contributed by atoms with Crippen molar-refractivity contribution in [3.63, 3.8) is 0 Å². The fourth-order valence-corrected chi connectivity index (χ4v) is 3.43. The van der Waals surface area contributed by atoms with Gasteiger partial charge in [0.1, 0.15) is 0 Å². The highest BCUT2D eigenvalue weighted by Crippen LogP contribution is 2.34. The fourth-order valence-electron chi connectivity index (χ4n) is 2.78. The average molecular weight is 311 g/mol. The van der Waals surface area contributed by atoms with Crippen LogP contribution in [-0.2, 0) is 6.42 Å². The first kappa shape index (κ1) is 13.9. The van der Waals surface area contributed by atoms with Crippen molar-refractivity contribution in [3.05, 3.63) is 28.2 Å². The molecule has 0 radical (unpaired) electrons. The molecule has 1 fully saturated rings. The van der Waals surface area contributed by atoms with E-state index >= 15 is 0 Å². The Bertz CT molecular complexity index is 405. The Kier molecular flexibility index (Phi) is 4.68. The van der Waals surface area contributed by atoms with Crippen molar-refractivity contribution in [2.24, 2.45) is 11.7 Å². The second-order valence-electron chi connectivity index (χ2n) is 5.38. The number of benzene rings is 1. The number of hydrogen-bond donors (Lipinski definition) is 1. The predicted octanol–water partition coefficient (Wildman–Crippen LogP) is 3.58. The Morgan fingerprint density at radius 1 is 1.39 bits per heavy atom. The van der Waals surface area contributed by atoms with Crippen molar-refractivity contribution in [1.29, 1.82) is 0 Å². The van der Waals surface area contributed by atoms with Crippen molar-refractivity contribution in [1.82, 2.24) is 0 Å². The number of nitrogens with zero attached hydrogens (tertiary/aromatic N) is 1. The second-order valence-corrected chi connectivity index (χ2v) is 6.23. The summed E-state index contributed by atoms with van der Waals surface area (Å²) in [5, 5.41) is 0. The molecular weight excluding hydrogens is 288 g/mol. The molecule has 2 rings (SSSR count). The molecule has 0 amide bonds. The third kappa shape index (κ3) is 2.89. The topological polar surface area (TPSA) is 29.3 Å². The summed E-state index contributed by atoms with van der Waals surface area (Å²) < 4.78 is 1.20. The maximum absolute atomic E-state index is 5.61. The highest BCUT2D eigenvalue weighted by molar-refractivity contribution is 9.10. The highest BCUT2D eigenvalue weighted by Gasteiger charge is 2.25. The molecule has 2 atom stereocenters. The van der Waals surface area contributed by atoms with E-state index in [-0.39, 0.29) is 0 Å². The zero-order valence-corrected chi connectivity index (χ0v) is 12.9. The first-order chi connectivity index (χ1) is 8.63. The van der Waals surface area contributed by atoms with Gasteiger partial charge in [0.15, 0.2) is 0 Å². The van der Waals surface area contributed by atoms with Gasteiger partial charge in [-0.05, 0) is 72.3 Å². The Labute approximate surface area is 119 Å². The van der Waals surface area contributed by atoms with Gasteiger partial charge in [-0.1, -0.05) is 13.0 Å². The van der Waals surface area contributed by atoms with Crippen LogP contribution < -0.4 is 10.6 Å². The minimum absolute atomic E-state index is 0.621. The fraction of sp³-hybridized carbons (Fsp3) is 0.600. The molecule has 0 aliphatic carbocycles. The van der Waals surface area contributed by atoms with Crippen LogP contribution >= 0.6 is 15.9 Å². The molecule has 100 valence electrons. The maximum Gasteiger partial charge on any atom is 0.0513 e. The van der Waals surface area contributed by atoms with Crippen molar-refractivity contribution in [3.8, 4) is 0 Å². The SMILES string of the molecule is CC1CCCN(c2ccc(CCN)cc2Br)C1C. The van der Waals surface area contributed by atoms with Gasteiger partial charge in [0.25, 0.3) is 0 Å². The molecule has 18 heavy (non-hydrogen) atoms. The van der Waals surface area contributed by atoms with E-state index in [0.717, 1.165) is 12.3 Å². The number of piperidine rings is 1. The minimum Gasteiger partial charge on any atom is -0.368 e. The molecule has 0 bridgehead atoms. The van der Waals surface area contributed by atoms with Gasteiger partial charge in [0, 0.05) is 17.1 Å². The summed E-state index contributed by atoms with van der Waals surface area (Å²) in [5.41, 5.74) is 8.25. The summed E-state index contributed by atoms with van der Waals surface area (Å²) >= 11 is 3.72. The van der Waals surface area contributed by atoms with E-state index in [2.05, 4.69) is 52.9 Å². The zero-order valence-electron chi connectivity index (χ0n) is 11.3. The maximum atomic E-state index is 5.61. The van der Waals surface area contributed by atoms with Gasteiger partial charge < -0.3 is 10.6 Å². The Morgan fingerprint density at radius 2 is 2.17 bits per heavy atom. The van der Waals surface area contributed by atoms with Crippen molar-refractivity contribution in [2.75, 3.05) is 18.0 Å². The van der Waals surface area contributed by atoms with Gasteiger partial charge in [-0.3, -0.25) is 0 Å². The molecule has 2 N–H and O–H groups in total. The number of halogens is 1. The first-order valence-electron chi connectivity index (χ1n) is 6.88. The van der Waals surface area contributed by atoms with E-state index in [0.29, 0.717) is 12.6 Å². The third-order valence-electron chi connectivity index (χ3n) is 4.13. The second kappa shape index (κ2) is 6.07. The molecule has 2 unspecified atom stereocenters. The number of anilines is 1. The lowest BCUT2D eigenvalue weighted by Crippen LogP contribution is -2.42. The van der Waals surface area contributed by atoms with Gasteiger partial charge in [-0.25, -0.2) is 0 Å². The quantitative estimate of drug-likeness (QED) is 0.924. The number of hydrogen-bond acceptors (Lipinski definition) is 2. The lowest BCUT2D eigenvalue weighted by Gasteiger charge is -2.40. The summed E-state index contributed by atoms with van der Waals surface area (Å²) in [6, 6.07) is 7.28. The van der Waals surface area contributed by atoms with Crippen LogP contribution in [0, 0.1) is 5.92 Å². The molecule has 2 nitrogen and oxygen atoms in total. The monoisotopic (exact) mass is 310 g/mol. The van der Waals surface area contributed by atoms with Gasteiger partial charge in [0.2, 0.25) is 0 Å². The van der Waals surface area contributed by atoms with E-state index in [4.69, 9.17) is 5.73 Å². The van der Waals surface area contributed by atoms with Crippen LogP contribution in [0.2, 0.25) is 0 Å². The molecule has 1 aromatic carbocycles. The van der Waals surface area contributed by atoms with Crippen LogP contribution in [0.4, 0.5) is 5.69 Å². The summed E-state index contributed by atoms with van der Waals surface area (Å²) in [7, 11) is 0. The molecule has 0 aromatic heterocycles. The molecule has 1 aliphatic heterocycles. The number of rotatable bonds is 3. The molecule has 1 aliphatic rings. The van der Waals surface area contributed by atoms with E-state index < -0.39 is 0 Å². The molecule has 1 aromatic rings. The molecule has 1 heterocycles. The van der Waals surface area contributed by atoms with Crippen LogP contribution in [0.1, 0.15) is 32.3 Å². The zero-order chi connectivity index (χ0) is 13.1. The lowest BCUT2D eigenvalue weighted by atomic mass is 9.91. The lowest BCUT2D eigenvalue weighted by molar-refractivity contribution is 0.363. The van der Waals surface area contributed by atoms with Crippen LogP contribution in [-0.4, -0.2) is 19.1 Å². The first-order valence-corrected chi connectivity index (χ1v) is 7.68. The smallest absolute Gasteiger partial charge is 0.0513 e. The van der Waals surface area contributed by atoms with Crippen LogP contribution in [0.3, 0.4) is 0 Å². The molecule has 3 heteroatoms. The van der Waals surface area contributed by atoms with Crippen LogP contribution in [0.15, 0.2) is 22.7 Å². The van der Waals surface area contributed by atoms with Gasteiger partial charge >= 0.3 is 0 Å². The molecule has 1 saturated heterocycles. The molecule has 0 saturated carbocycles. The normalized spacial score (nSPS) is 24.3. The Balaban J connectivity index is 2.22. The van der Waals surface area contributed by atoms with Gasteiger partial charge in [0.05, 0.1) is 5.69 Å². The van der Waals surface area contributed by atoms with E-state index in [9.17, 15) is 0 Å². The summed E-state index contributed by atoms with van der Waals surface area (Å²) in [5.74, 6) is 0.773. The van der Waals surface area contributed by atoms with E-state index in [1.807, 2.05) is 0 Å². The van der Waals surface area contributed by atoms with E-state index in [1.165, 1.54) is 35.1 Å². The number of nitrogens with two attached hydrogens (primary N) is 1. The minimum atomic E-state index is 0.621. The molecule has 0 spiro atoms. The third-order valence-corrected chi connectivity index (χ3v) is 4.76. The van der Waals surface area contributed by atoms with Crippen molar-refractivity contribution < 1.29 is 0 Å². The largest absolute Gasteiger partial charge is 0.368 e. The predicted molar refractivity (Wildman–Crippen MR) is 82.1 cm³/mol. The standard InChI is InChI=1S/C15H23BrN2/c1-11-4-3-9-18(12(11)2)15-6-5-13(7-8-17)10-14(15)16/h5-6,10-12H,3-4,7-9,17H2,1-2H3.